The van der Waals surface area contributed by atoms with Gasteiger partial charge in [-0.1, -0.05) is 19.1 Å². The molecule has 21 heavy (non-hydrogen) atoms. The zero-order chi connectivity index (χ0) is 14.2. The Balaban J connectivity index is 1.42. The number of rotatable bonds is 5. The summed E-state index contributed by atoms with van der Waals surface area (Å²) in [5, 5.41) is 3.90. The van der Waals surface area contributed by atoms with Crippen LogP contribution in [0.5, 0.6) is 5.75 Å². The molecule has 3 aliphatic rings. The second-order valence-corrected chi connectivity index (χ2v) is 6.80. The van der Waals surface area contributed by atoms with Gasteiger partial charge in [0.05, 0.1) is 6.61 Å². The number of hydrogen-bond donors (Lipinski definition) is 1. The molecule has 0 spiro atoms. The summed E-state index contributed by atoms with van der Waals surface area (Å²) in [5.41, 5.74) is 2.82. The molecular formula is C18H26N2O. The van der Waals surface area contributed by atoms with Crippen LogP contribution in [0.25, 0.3) is 0 Å². The third-order valence-electron chi connectivity index (χ3n) is 5.24. The molecule has 1 aliphatic carbocycles. The van der Waals surface area contributed by atoms with Crippen molar-refractivity contribution in [2.45, 2.75) is 57.2 Å². The Bertz CT molecular complexity index is 512. The minimum Gasteiger partial charge on any atom is -0.493 e. The summed E-state index contributed by atoms with van der Waals surface area (Å²) in [5.74, 6) is 1.09. The first-order valence-electron chi connectivity index (χ1n) is 8.59. The van der Waals surface area contributed by atoms with Crippen molar-refractivity contribution in [1.82, 2.24) is 10.2 Å². The van der Waals surface area contributed by atoms with E-state index >= 15 is 0 Å². The lowest BCUT2D eigenvalue weighted by Gasteiger charge is -2.23. The second-order valence-electron chi connectivity index (χ2n) is 6.80. The first kappa shape index (κ1) is 13.6. The Labute approximate surface area is 127 Å². The standard InChI is InChI=1S/C18H26N2O/c1-2-17(13-3-6-18-14(11-13)8-10-21-18)19-15-7-9-20(12-15)16-4-5-16/h3,6,11,15-17,19H,2,4-5,7-10,12H2,1H3. The fourth-order valence-corrected chi connectivity index (χ4v) is 3.85. The van der Waals surface area contributed by atoms with E-state index in [1.165, 1.54) is 43.5 Å². The summed E-state index contributed by atoms with van der Waals surface area (Å²) in [7, 11) is 0. The van der Waals surface area contributed by atoms with Crippen molar-refractivity contribution in [3.63, 3.8) is 0 Å². The molecule has 1 N–H and O–H groups in total. The molecular weight excluding hydrogens is 260 g/mol. The van der Waals surface area contributed by atoms with Crippen LogP contribution in [-0.2, 0) is 6.42 Å². The van der Waals surface area contributed by atoms with Gasteiger partial charge < -0.3 is 10.1 Å². The zero-order valence-electron chi connectivity index (χ0n) is 13.0. The molecule has 2 aliphatic heterocycles. The van der Waals surface area contributed by atoms with Crippen LogP contribution in [0.1, 0.15) is 49.8 Å². The fourth-order valence-electron chi connectivity index (χ4n) is 3.85. The van der Waals surface area contributed by atoms with Gasteiger partial charge >= 0.3 is 0 Å². The van der Waals surface area contributed by atoms with E-state index in [0.29, 0.717) is 12.1 Å². The Morgan fingerprint density at radius 2 is 2.24 bits per heavy atom. The smallest absolute Gasteiger partial charge is 0.122 e. The molecule has 4 rings (SSSR count). The van der Waals surface area contributed by atoms with E-state index in [1.54, 1.807) is 0 Å². The van der Waals surface area contributed by atoms with E-state index in [1.807, 2.05) is 0 Å². The highest BCUT2D eigenvalue weighted by Gasteiger charge is 2.34. The lowest BCUT2D eigenvalue weighted by atomic mass is 10.00. The zero-order valence-corrected chi connectivity index (χ0v) is 13.0. The third kappa shape index (κ3) is 2.82. The summed E-state index contributed by atoms with van der Waals surface area (Å²) in [6.45, 7) is 5.67. The fraction of sp³-hybridized carbons (Fsp3) is 0.667. The lowest BCUT2D eigenvalue weighted by molar-refractivity contribution is 0.311. The second kappa shape index (κ2) is 5.62. The minimum absolute atomic E-state index is 0.486. The van der Waals surface area contributed by atoms with Crippen molar-refractivity contribution in [2.75, 3.05) is 19.7 Å². The Kier molecular flexibility index (Phi) is 3.64. The summed E-state index contributed by atoms with van der Waals surface area (Å²) in [4.78, 5) is 2.68. The summed E-state index contributed by atoms with van der Waals surface area (Å²) >= 11 is 0. The summed E-state index contributed by atoms with van der Waals surface area (Å²) in [6, 6.07) is 8.83. The molecule has 1 aromatic carbocycles. The molecule has 2 heterocycles. The van der Waals surface area contributed by atoms with Crippen molar-refractivity contribution in [1.29, 1.82) is 0 Å². The number of nitrogens with zero attached hydrogens (tertiary/aromatic N) is 1. The van der Waals surface area contributed by atoms with E-state index in [9.17, 15) is 0 Å². The van der Waals surface area contributed by atoms with Gasteiger partial charge in [0.2, 0.25) is 0 Å². The van der Waals surface area contributed by atoms with Gasteiger partial charge in [-0.2, -0.15) is 0 Å². The predicted octanol–water partition coefficient (Wildman–Crippen LogP) is 2.90. The molecule has 3 heteroatoms. The van der Waals surface area contributed by atoms with E-state index in [4.69, 9.17) is 4.74 Å². The van der Waals surface area contributed by atoms with Gasteiger partial charge in [-0.05, 0) is 42.9 Å². The molecule has 1 saturated carbocycles. The molecule has 0 radical (unpaired) electrons. The van der Waals surface area contributed by atoms with Gasteiger partial charge in [0.25, 0.3) is 0 Å². The number of benzene rings is 1. The Morgan fingerprint density at radius 1 is 1.33 bits per heavy atom. The average molecular weight is 286 g/mol. The van der Waals surface area contributed by atoms with Crippen LogP contribution in [0.4, 0.5) is 0 Å². The Morgan fingerprint density at radius 3 is 3.05 bits per heavy atom. The van der Waals surface area contributed by atoms with E-state index in [-0.39, 0.29) is 0 Å². The van der Waals surface area contributed by atoms with Crippen LogP contribution in [0.2, 0.25) is 0 Å². The van der Waals surface area contributed by atoms with Crippen molar-refractivity contribution < 1.29 is 4.74 Å². The van der Waals surface area contributed by atoms with Crippen LogP contribution < -0.4 is 10.1 Å². The predicted molar refractivity (Wildman–Crippen MR) is 84.8 cm³/mol. The number of fused-ring (bicyclic) bond motifs is 1. The maximum atomic E-state index is 5.62. The summed E-state index contributed by atoms with van der Waals surface area (Å²) in [6.07, 6.45) is 6.38. The van der Waals surface area contributed by atoms with E-state index in [2.05, 4.69) is 35.3 Å². The van der Waals surface area contributed by atoms with Crippen LogP contribution in [0.3, 0.4) is 0 Å². The van der Waals surface area contributed by atoms with Gasteiger partial charge in [-0.3, -0.25) is 4.90 Å². The normalized spacial score (nSPS) is 26.6. The molecule has 2 atom stereocenters. The topological polar surface area (TPSA) is 24.5 Å². The molecule has 114 valence electrons. The highest BCUT2D eigenvalue weighted by Crippen LogP contribution is 2.32. The van der Waals surface area contributed by atoms with Crippen molar-refractivity contribution in [2.24, 2.45) is 0 Å². The van der Waals surface area contributed by atoms with E-state index < -0.39 is 0 Å². The first-order chi connectivity index (χ1) is 10.3. The Hall–Kier alpha value is -1.06. The van der Waals surface area contributed by atoms with Crippen LogP contribution in [0, 0.1) is 0 Å². The van der Waals surface area contributed by atoms with Crippen LogP contribution >= 0.6 is 0 Å². The van der Waals surface area contributed by atoms with Crippen LogP contribution in [0.15, 0.2) is 18.2 Å². The lowest BCUT2D eigenvalue weighted by Crippen LogP contribution is -2.35. The van der Waals surface area contributed by atoms with Gasteiger partial charge in [0.15, 0.2) is 0 Å². The van der Waals surface area contributed by atoms with Crippen LogP contribution in [-0.4, -0.2) is 36.7 Å². The van der Waals surface area contributed by atoms with E-state index in [0.717, 1.165) is 31.2 Å². The molecule has 1 aromatic rings. The van der Waals surface area contributed by atoms with Gasteiger partial charge in [-0.25, -0.2) is 0 Å². The molecule has 0 bridgehead atoms. The molecule has 0 amide bonds. The van der Waals surface area contributed by atoms with Crippen molar-refractivity contribution in [3.05, 3.63) is 29.3 Å². The van der Waals surface area contributed by atoms with Gasteiger partial charge in [0, 0.05) is 37.6 Å². The molecule has 3 nitrogen and oxygen atoms in total. The summed E-state index contributed by atoms with van der Waals surface area (Å²) < 4.78 is 5.62. The largest absolute Gasteiger partial charge is 0.493 e. The number of nitrogens with one attached hydrogen (secondary N) is 1. The molecule has 2 unspecified atom stereocenters. The third-order valence-corrected chi connectivity index (χ3v) is 5.24. The van der Waals surface area contributed by atoms with Crippen molar-refractivity contribution >= 4 is 0 Å². The SMILES string of the molecule is CCC(NC1CCN(C2CC2)C1)c1ccc2c(c1)CCO2. The monoisotopic (exact) mass is 286 g/mol. The first-order valence-corrected chi connectivity index (χ1v) is 8.59. The average Bonchev–Trinajstić information content (AvgIpc) is 3.08. The van der Waals surface area contributed by atoms with Gasteiger partial charge in [0.1, 0.15) is 5.75 Å². The molecule has 0 aromatic heterocycles. The van der Waals surface area contributed by atoms with Gasteiger partial charge in [-0.15, -0.1) is 0 Å². The number of likely N-dealkylation sites (tertiary alicyclic amines) is 1. The molecule has 1 saturated heterocycles. The maximum absolute atomic E-state index is 5.62. The number of ether oxygens (including phenoxy) is 1. The highest BCUT2D eigenvalue weighted by atomic mass is 16.5. The quantitative estimate of drug-likeness (QED) is 0.901. The van der Waals surface area contributed by atoms with Crippen molar-refractivity contribution in [3.8, 4) is 5.75 Å². The maximum Gasteiger partial charge on any atom is 0.122 e. The minimum atomic E-state index is 0.486. The highest BCUT2D eigenvalue weighted by molar-refractivity contribution is 5.40. The molecule has 2 fully saturated rings. The number of hydrogen-bond acceptors (Lipinski definition) is 3.